The number of rotatable bonds is 9. The highest BCUT2D eigenvalue weighted by molar-refractivity contribution is 5.79. The summed E-state index contributed by atoms with van der Waals surface area (Å²) in [6, 6.07) is 10.1. The summed E-state index contributed by atoms with van der Waals surface area (Å²) in [7, 11) is 1.71. The van der Waals surface area contributed by atoms with Gasteiger partial charge in [0, 0.05) is 39.7 Å². The van der Waals surface area contributed by atoms with Gasteiger partial charge in [-0.15, -0.1) is 0 Å². The van der Waals surface area contributed by atoms with Gasteiger partial charge in [0.15, 0.2) is 5.96 Å². The number of carbonyl (C=O) groups excluding carboxylic acids is 1. The molecule has 0 bridgehead atoms. The Morgan fingerprint density at radius 3 is 2.76 bits per heavy atom. The van der Waals surface area contributed by atoms with Gasteiger partial charge in [-0.1, -0.05) is 30.3 Å². The van der Waals surface area contributed by atoms with Crippen molar-refractivity contribution in [3.8, 4) is 0 Å². The fourth-order valence-electron chi connectivity index (χ4n) is 2.92. The first-order valence-corrected chi connectivity index (χ1v) is 9.12. The van der Waals surface area contributed by atoms with Gasteiger partial charge >= 0.3 is 0 Å². The summed E-state index contributed by atoms with van der Waals surface area (Å²) in [5, 5.41) is 6.59. The van der Waals surface area contributed by atoms with E-state index in [1.807, 2.05) is 30.0 Å². The second-order valence-electron chi connectivity index (χ2n) is 6.12. The minimum absolute atomic E-state index is 0.0566. The van der Waals surface area contributed by atoms with E-state index in [-0.39, 0.29) is 12.0 Å². The molecular formula is C19H30N4O2. The third-order valence-electron chi connectivity index (χ3n) is 4.28. The lowest BCUT2D eigenvalue weighted by Gasteiger charge is -2.17. The van der Waals surface area contributed by atoms with Gasteiger partial charge in [-0.3, -0.25) is 9.79 Å². The number of aliphatic imine (C=N–C) groups is 1. The van der Waals surface area contributed by atoms with Crippen LogP contribution in [0.2, 0.25) is 0 Å². The van der Waals surface area contributed by atoms with Crippen LogP contribution in [-0.4, -0.2) is 56.6 Å². The summed E-state index contributed by atoms with van der Waals surface area (Å²) >= 11 is 0. The molecule has 1 fully saturated rings. The average molecular weight is 346 g/mol. The van der Waals surface area contributed by atoms with Crippen LogP contribution in [0.5, 0.6) is 0 Å². The topological polar surface area (TPSA) is 66.0 Å². The molecule has 0 aliphatic carbocycles. The normalized spacial score (nSPS) is 16.2. The van der Waals surface area contributed by atoms with Gasteiger partial charge in [-0.05, 0) is 25.3 Å². The number of hydrogen-bond donors (Lipinski definition) is 2. The fourth-order valence-corrected chi connectivity index (χ4v) is 2.92. The van der Waals surface area contributed by atoms with E-state index < -0.39 is 0 Å². The Bertz CT molecular complexity index is 548. The molecule has 1 aliphatic heterocycles. The van der Waals surface area contributed by atoms with Crippen molar-refractivity contribution in [3.05, 3.63) is 35.9 Å². The predicted molar refractivity (Wildman–Crippen MR) is 101 cm³/mol. The molecule has 0 aromatic heterocycles. The van der Waals surface area contributed by atoms with Crippen LogP contribution in [0.3, 0.4) is 0 Å². The summed E-state index contributed by atoms with van der Waals surface area (Å²) in [6.45, 7) is 5.92. The molecule has 2 rings (SSSR count). The molecule has 1 aromatic carbocycles. The van der Waals surface area contributed by atoms with E-state index in [0.717, 1.165) is 50.5 Å². The van der Waals surface area contributed by atoms with Crippen LogP contribution in [-0.2, 0) is 9.53 Å². The Balaban J connectivity index is 1.79. The van der Waals surface area contributed by atoms with Crippen LogP contribution in [0, 0.1) is 0 Å². The maximum atomic E-state index is 11.6. The first kappa shape index (κ1) is 19.2. The van der Waals surface area contributed by atoms with Gasteiger partial charge in [0.25, 0.3) is 0 Å². The monoisotopic (exact) mass is 346 g/mol. The SMILES string of the molecule is CCNC(=NCC(OC)c1ccccc1)NCCCN1CCCC1=O. The van der Waals surface area contributed by atoms with Crippen LogP contribution in [0.4, 0.5) is 0 Å². The van der Waals surface area contributed by atoms with Gasteiger partial charge in [0.05, 0.1) is 6.54 Å². The summed E-state index contributed by atoms with van der Waals surface area (Å²) < 4.78 is 5.56. The van der Waals surface area contributed by atoms with Crippen molar-refractivity contribution < 1.29 is 9.53 Å². The Labute approximate surface area is 150 Å². The van der Waals surface area contributed by atoms with Crippen molar-refractivity contribution in [1.82, 2.24) is 15.5 Å². The van der Waals surface area contributed by atoms with Gasteiger partial charge < -0.3 is 20.3 Å². The van der Waals surface area contributed by atoms with Gasteiger partial charge in [0.1, 0.15) is 6.10 Å². The van der Waals surface area contributed by atoms with E-state index in [2.05, 4.69) is 27.8 Å². The summed E-state index contributed by atoms with van der Waals surface area (Å²) in [4.78, 5) is 18.2. The molecule has 0 saturated carbocycles. The van der Waals surface area contributed by atoms with E-state index in [9.17, 15) is 4.79 Å². The number of benzene rings is 1. The smallest absolute Gasteiger partial charge is 0.222 e. The number of guanidine groups is 1. The molecular weight excluding hydrogens is 316 g/mol. The molecule has 6 heteroatoms. The standard InChI is InChI=1S/C19H30N4O2/c1-3-20-19(21-12-8-14-23-13-7-11-18(23)24)22-15-17(25-2)16-9-5-4-6-10-16/h4-6,9-10,17H,3,7-8,11-15H2,1-2H3,(H2,20,21,22). The molecule has 138 valence electrons. The summed E-state index contributed by atoms with van der Waals surface area (Å²) in [5.41, 5.74) is 1.12. The van der Waals surface area contributed by atoms with Crippen LogP contribution < -0.4 is 10.6 Å². The largest absolute Gasteiger partial charge is 0.375 e. The second kappa shape index (κ2) is 10.7. The maximum Gasteiger partial charge on any atom is 0.222 e. The van der Waals surface area contributed by atoms with Crippen LogP contribution >= 0.6 is 0 Å². The predicted octanol–water partition coefficient (Wildman–Crippen LogP) is 1.94. The molecule has 1 saturated heterocycles. The molecule has 1 unspecified atom stereocenters. The van der Waals surface area contributed by atoms with Crippen LogP contribution in [0.1, 0.15) is 37.9 Å². The van der Waals surface area contributed by atoms with E-state index in [1.54, 1.807) is 7.11 Å². The lowest BCUT2D eigenvalue weighted by atomic mass is 10.1. The van der Waals surface area contributed by atoms with Gasteiger partial charge in [-0.2, -0.15) is 0 Å². The average Bonchev–Trinajstić information content (AvgIpc) is 3.05. The number of carbonyl (C=O) groups is 1. The van der Waals surface area contributed by atoms with Crippen molar-refractivity contribution in [2.75, 3.05) is 39.8 Å². The number of likely N-dealkylation sites (tertiary alicyclic amines) is 1. The number of ether oxygens (including phenoxy) is 1. The van der Waals surface area contributed by atoms with Crippen LogP contribution in [0.25, 0.3) is 0 Å². The summed E-state index contributed by atoms with van der Waals surface area (Å²) in [6.07, 6.45) is 2.56. The lowest BCUT2D eigenvalue weighted by Crippen LogP contribution is -2.39. The molecule has 2 N–H and O–H groups in total. The fraction of sp³-hybridized carbons (Fsp3) is 0.579. The Kier molecular flexibility index (Phi) is 8.25. The zero-order valence-electron chi connectivity index (χ0n) is 15.3. The number of nitrogens with one attached hydrogen (secondary N) is 2. The quantitative estimate of drug-likeness (QED) is 0.407. The minimum Gasteiger partial charge on any atom is -0.375 e. The molecule has 1 aliphatic rings. The molecule has 1 amide bonds. The highest BCUT2D eigenvalue weighted by Crippen LogP contribution is 2.16. The maximum absolute atomic E-state index is 11.6. The van der Waals surface area contributed by atoms with Crippen molar-refractivity contribution >= 4 is 11.9 Å². The lowest BCUT2D eigenvalue weighted by molar-refractivity contribution is -0.127. The summed E-state index contributed by atoms with van der Waals surface area (Å²) in [5.74, 6) is 1.07. The van der Waals surface area contributed by atoms with Crippen molar-refractivity contribution in [1.29, 1.82) is 0 Å². The number of methoxy groups -OCH3 is 1. The Morgan fingerprint density at radius 1 is 1.32 bits per heavy atom. The zero-order valence-corrected chi connectivity index (χ0v) is 15.3. The molecule has 25 heavy (non-hydrogen) atoms. The van der Waals surface area contributed by atoms with E-state index in [4.69, 9.17) is 4.74 Å². The van der Waals surface area contributed by atoms with Gasteiger partial charge in [0.2, 0.25) is 5.91 Å². The third-order valence-corrected chi connectivity index (χ3v) is 4.28. The molecule has 1 heterocycles. The van der Waals surface area contributed by atoms with Crippen molar-refractivity contribution in [2.24, 2.45) is 4.99 Å². The van der Waals surface area contributed by atoms with E-state index in [1.165, 1.54) is 0 Å². The molecule has 6 nitrogen and oxygen atoms in total. The number of hydrogen-bond acceptors (Lipinski definition) is 3. The molecule has 0 spiro atoms. The van der Waals surface area contributed by atoms with Crippen molar-refractivity contribution in [2.45, 2.75) is 32.3 Å². The molecule has 1 atom stereocenters. The first-order valence-electron chi connectivity index (χ1n) is 9.12. The third kappa shape index (κ3) is 6.38. The van der Waals surface area contributed by atoms with Crippen molar-refractivity contribution in [3.63, 3.8) is 0 Å². The van der Waals surface area contributed by atoms with Gasteiger partial charge in [-0.25, -0.2) is 0 Å². The van der Waals surface area contributed by atoms with E-state index in [0.29, 0.717) is 13.0 Å². The Hall–Kier alpha value is -2.08. The number of nitrogens with zero attached hydrogens (tertiary/aromatic N) is 2. The first-order chi connectivity index (χ1) is 12.2. The zero-order chi connectivity index (χ0) is 17.9. The molecule has 1 aromatic rings. The number of amides is 1. The minimum atomic E-state index is -0.0566. The molecule has 0 radical (unpaired) electrons. The van der Waals surface area contributed by atoms with E-state index >= 15 is 0 Å². The second-order valence-corrected chi connectivity index (χ2v) is 6.12. The highest BCUT2D eigenvalue weighted by atomic mass is 16.5. The van der Waals surface area contributed by atoms with Crippen LogP contribution in [0.15, 0.2) is 35.3 Å². The Morgan fingerprint density at radius 2 is 2.12 bits per heavy atom. The highest BCUT2D eigenvalue weighted by Gasteiger charge is 2.19.